The minimum atomic E-state index is -0.0956. The van der Waals surface area contributed by atoms with E-state index in [0.29, 0.717) is 17.9 Å². The van der Waals surface area contributed by atoms with Crippen molar-refractivity contribution >= 4 is 5.78 Å². The Morgan fingerprint density at radius 3 is 2.68 bits per heavy atom. The van der Waals surface area contributed by atoms with Crippen LogP contribution in [0.15, 0.2) is 34.7 Å². The van der Waals surface area contributed by atoms with E-state index in [-0.39, 0.29) is 11.9 Å². The molecule has 2 aromatic rings. The molecule has 0 aliphatic carbocycles. The Balaban J connectivity index is 1.89. The molecule has 1 aliphatic heterocycles. The Morgan fingerprint density at radius 1 is 1.26 bits per heavy atom. The standard InChI is InChI=1S/C16H16O3/c1-10(17)14-8-16(19-11(14)2)15-7-12-5-3-4-6-13(12)9-18-15/h3-6,8,15H,7,9H2,1-2H3. The molecule has 1 aliphatic rings. The summed E-state index contributed by atoms with van der Waals surface area (Å²) in [6, 6.07) is 10.1. The molecule has 98 valence electrons. The lowest BCUT2D eigenvalue weighted by Gasteiger charge is -2.23. The largest absolute Gasteiger partial charge is 0.463 e. The molecule has 3 heteroatoms. The first-order chi connectivity index (χ1) is 9.15. The van der Waals surface area contributed by atoms with Crippen LogP contribution in [-0.4, -0.2) is 5.78 Å². The van der Waals surface area contributed by atoms with Crippen LogP contribution in [-0.2, 0) is 17.8 Å². The lowest BCUT2D eigenvalue weighted by molar-refractivity contribution is 0.0133. The molecule has 0 fully saturated rings. The number of hydrogen-bond donors (Lipinski definition) is 0. The summed E-state index contributed by atoms with van der Waals surface area (Å²) in [6.45, 7) is 3.96. The molecule has 0 saturated carbocycles. The van der Waals surface area contributed by atoms with Gasteiger partial charge < -0.3 is 9.15 Å². The molecule has 0 bridgehead atoms. The number of fused-ring (bicyclic) bond motifs is 1. The fourth-order valence-corrected chi connectivity index (χ4v) is 2.54. The number of ether oxygens (including phenoxy) is 1. The zero-order chi connectivity index (χ0) is 13.4. The van der Waals surface area contributed by atoms with Gasteiger partial charge in [-0.1, -0.05) is 24.3 Å². The van der Waals surface area contributed by atoms with Gasteiger partial charge in [-0.15, -0.1) is 0 Å². The van der Waals surface area contributed by atoms with Crippen molar-refractivity contribution in [2.75, 3.05) is 0 Å². The molecule has 19 heavy (non-hydrogen) atoms. The number of hydrogen-bond acceptors (Lipinski definition) is 3. The molecule has 1 aromatic carbocycles. The smallest absolute Gasteiger partial charge is 0.163 e. The van der Waals surface area contributed by atoms with Crippen molar-refractivity contribution in [2.24, 2.45) is 0 Å². The number of furan rings is 1. The first-order valence-corrected chi connectivity index (χ1v) is 6.45. The summed E-state index contributed by atoms with van der Waals surface area (Å²) < 4.78 is 11.5. The predicted molar refractivity (Wildman–Crippen MR) is 71.1 cm³/mol. The maximum absolute atomic E-state index is 11.5. The van der Waals surface area contributed by atoms with Gasteiger partial charge in [0.25, 0.3) is 0 Å². The van der Waals surface area contributed by atoms with Crippen molar-refractivity contribution in [1.82, 2.24) is 0 Å². The summed E-state index contributed by atoms with van der Waals surface area (Å²) in [6.07, 6.45) is 0.696. The summed E-state index contributed by atoms with van der Waals surface area (Å²) in [5, 5.41) is 0. The van der Waals surface area contributed by atoms with E-state index in [0.717, 1.165) is 12.2 Å². The molecule has 3 rings (SSSR count). The average Bonchev–Trinajstić information content (AvgIpc) is 2.80. The Labute approximate surface area is 112 Å². The van der Waals surface area contributed by atoms with Crippen LogP contribution in [0.5, 0.6) is 0 Å². The van der Waals surface area contributed by atoms with Gasteiger partial charge in [0.15, 0.2) is 5.78 Å². The zero-order valence-corrected chi connectivity index (χ0v) is 11.1. The van der Waals surface area contributed by atoms with E-state index in [4.69, 9.17) is 9.15 Å². The summed E-state index contributed by atoms with van der Waals surface area (Å²) in [5.74, 6) is 1.45. The molecular formula is C16H16O3. The summed E-state index contributed by atoms with van der Waals surface area (Å²) in [7, 11) is 0. The second-order valence-electron chi connectivity index (χ2n) is 4.95. The SMILES string of the molecule is CC(=O)c1cc(C2Cc3ccccc3CO2)oc1C. The number of carbonyl (C=O) groups excluding carboxylic acids is 1. The maximum Gasteiger partial charge on any atom is 0.163 e. The number of carbonyl (C=O) groups is 1. The quantitative estimate of drug-likeness (QED) is 0.771. The summed E-state index contributed by atoms with van der Waals surface area (Å²) >= 11 is 0. The van der Waals surface area contributed by atoms with Crippen molar-refractivity contribution in [2.45, 2.75) is 33.0 Å². The van der Waals surface area contributed by atoms with Crippen molar-refractivity contribution in [3.05, 3.63) is 58.5 Å². The van der Waals surface area contributed by atoms with Crippen LogP contribution >= 0.6 is 0 Å². The van der Waals surface area contributed by atoms with E-state index in [1.54, 1.807) is 6.92 Å². The van der Waals surface area contributed by atoms with Crippen LogP contribution in [0, 0.1) is 6.92 Å². The van der Waals surface area contributed by atoms with Crippen LogP contribution in [0.1, 0.15) is 46.0 Å². The second-order valence-corrected chi connectivity index (χ2v) is 4.95. The third-order valence-electron chi connectivity index (χ3n) is 3.60. The van der Waals surface area contributed by atoms with Gasteiger partial charge in [-0.05, 0) is 31.0 Å². The first-order valence-electron chi connectivity index (χ1n) is 6.45. The van der Waals surface area contributed by atoms with Crippen molar-refractivity contribution in [3.8, 4) is 0 Å². The van der Waals surface area contributed by atoms with Gasteiger partial charge >= 0.3 is 0 Å². The van der Waals surface area contributed by atoms with Gasteiger partial charge in [-0.2, -0.15) is 0 Å². The Bertz CT molecular complexity index is 625. The van der Waals surface area contributed by atoms with E-state index in [1.807, 2.05) is 25.1 Å². The molecule has 1 unspecified atom stereocenters. The van der Waals surface area contributed by atoms with Gasteiger partial charge in [-0.25, -0.2) is 0 Å². The second kappa shape index (κ2) is 4.67. The van der Waals surface area contributed by atoms with E-state index in [1.165, 1.54) is 11.1 Å². The lowest BCUT2D eigenvalue weighted by Crippen LogP contribution is -2.14. The highest BCUT2D eigenvalue weighted by atomic mass is 16.5. The number of ketones is 1. The highest BCUT2D eigenvalue weighted by molar-refractivity contribution is 5.95. The number of rotatable bonds is 2. The minimum Gasteiger partial charge on any atom is -0.463 e. The molecule has 3 nitrogen and oxygen atoms in total. The monoisotopic (exact) mass is 256 g/mol. The number of aryl methyl sites for hydroxylation is 1. The van der Waals surface area contributed by atoms with E-state index in [9.17, 15) is 4.79 Å². The highest BCUT2D eigenvalue weighted by Gasteiger charge is 2.24. The molecule has 2 heterocycles. The van der Waals surface area contributed by atoms with Crippen molar-refractivity contribution < 1.29 is 13.9 Å². The van der Waals surface area contributed by atoms with Crippen LogP contribution < -0.4 is 0 Å². The van der Waals surface area contributed by atoms with Crippen LogP contribution in [0.2, 0.25) is 0 Å². The Hall–Kier alpha value is -1.87. The van der Waals surface area contributed by atoms with Crippen molar-refractivity contribution in [3.63, 3.8) is 0 Å². The fraction of sp³-hybridized carbons (Fsp3) is 0.312. The van der Waals surface area contributed by atoms with Crippen LogP contribution in [0.25, 0.3) is 0 Å². The van der Waals surface area contributed by atoms with Gasteiger partial charge in [0.2, 0.25) is 0 Å². The molecule has 1 aromatic heterocycles. The average molecular weight is 256 g/mol. The zero-order valence-electron chi connectivity index (χ0n) is 11.1. The first kappa shape index (κ1) is 12.2. The third kappa shape index (κ3) is 2.22. The fourth-order valence-electron chi connectivity index (χ4n) is 2.54. The van der Waals surface area contributed by atoms with Gasteiger partial charge in [0, 0.05) is 6.42 Å². The van der Waals surface area contributed by atoms with Gasteiger partial charge in [0.1, 0.15) is 17.6 Å². The predicted octanol–water partition coefficient (Wildman–Crippen LogP) is 3.60. The van der Waals surface area contributed by atoms with Crippen molar-refractivity contribution in [1.29, 1.82) is 0 Å². The van der Waals surface area contributed by atoms with Crippen LogP contribution in [0.3, 0.4) is 0 Å². The molecule has 1 atom stereocenters. The Kier molecular flexibility index (Phi) is 2.99. The minimum absolute atomic E-state index is 0.0312. The van der Waals surface area contributed by atoms with Gasteiger partial charge in [-0.3, -0.25) is 4.79 Å². The lowest BCUT2D eigenvalue weighted by atomic mass is 9.98. The molecule has 0 spiro atoms. The molecule has 0 amide bonds. The topological polar surface area (TPSA) is 39.4 Å². The molecule has 0 saturated heterocycles. The number of Topliss-reactive ketones (excluding diaryl/α,β-unsaturated/α-hetero) is 1. The molecular weight excluding hydrogens is 240 g/mol. The highest BCUT2D eigenvalue weighted by Crippen LogP contribution is 2.32. The molecule has 0 N–H and O–H groups in total. The summed E-state index contributed by atoms with van der Waals surface area (Å²) in [4.78, 5) is 11.5. The molecule has 0 radical (unpaired) electrons. The van der Waals surface area contributed by atoms with E-state index < -0.39 is 0 Å². The number of benzene rings is 1. The van der Waals surface area contributed by atoms with E-state index in [2.05, 4.69) is 12.1 Å². The van der Waals surface area contributed by atoms with Crippen LogP contribution in [0.4, 0.5) is 0 Å². The van der Waals surface area contributed by atoms with Gasteiger partial charge in [0.05, 0.1) is 12.2 Å². The normalized spacial score (nSPS) is 18.1. The van der Waals surface area contributed by atoms with E-state index >= 15 is 0 Å². The Morgan fingerprint density at radius 2 is 2.00 bits per heavy atom. The summed E-state index contributed by atoms with van der Waals surface area (Å²) in [5.41, 5.74) is 3.17. The third-order valence-corrected chi connectivity index (χ3v) is 3.60. The maximum atomic E-state index is 11.5.